The van der Waals surface area contributed by atoms with Gasteiger partial charge in [0.1, 0.15) is 0 Å². The van der Waals surface area contributed by atoms with Gasteiger partial charge in [0.25, 0.3) is 0 Å². The van der Waals surface area contributed by atoms with Gasteiger partial charge in [0.05, 0.1) is 0 Å². The predicted molar refractivity (Wildman–Crippen MR) is 90.5 cm³/mol. The lowest BCUT2D eigenvalue weighted by atomic mass is 10.1. The molecular weight excluding hydrogens is 266 g/mol. The van der Waals surface area contributed by atoms with E-state index in [-0.39, 0.29) is 0 Å². The second kappa shape index (κ2) is 11.2. The summed E-state index contributed by atoms with van der Waals surface area (Å²) in [5.74, 6) is 0. The van der Waals surface area contributed by atoms with Gasteiger partial charge in [-0.1, -0.05) is 75.6 Å². The lowest BCUT2D eigenvalue weighted by Crippen LogP contribution is -2.19. The second-order valence-corrected chi connectivity index (χ2v) is 6.14. The summed E-state index contributed by atoms with van der Waals surface area (Å²) in [7, 11) is 0. The van der Waals surface area contributed by atoms with Crippen LogP contribution in [0, 0.1) is 0 Å². The maximum absolute atomic E-state index is 6.02. The Kier molecular flexibility index (Phi) is 9.78. The fourth-order valence-corrected chi connectivity index (χ4v) is 2.67. The average Bonchev–Trinajstić information content (AvgIpc) is 2.45. The Morgan fingerprint density at radius 2 is 1.65 bits per heavy atom. The van der Waals surface area contributed by atoms with Crippen LogP contribution in [0.1, 0.15) is 76.8 Å². The first kappa shape index (κ1) is 17.5. The summed E-state index contributed by atoms with van der Waals surface area (Å²) in [4.78, 5) is 0. The van der Waals surface area contributed by atoms with E-state index < -0.39 is 0 Å². The molecule has 0 aromatic heterocycles. The number of hydrogen-bond donors (Lipinski definition) is 1. The lowest BCUT2D eigenvalue weighted by Gasteiger charge is -2.14. The second-order valence-electron chi connectivity index (χ2n) is 5.71. The minimum absolute atomic E-state index is 0.387. The molecule has 0 fully saturated rings. The normalized spacial score (nSPS) is 12.6. The van der Waals surface area contributed by atoms with Gasteiger partial charge in [0.2, 0.25) is 0 Å². The van der Waals surface area contributed by atoms with Crippen molar-refractivity contribution in [3.8, 4) is 0 Å². The first-order valence-electron chi connectivity index (χ1n) is 8.23. The van der Waals surface area contributed by atoms with Gasteiger partial charge in [0.15, 0.2) is 0 Å². The molecule has 0 aliphatic carbocycles. The minimum atomic E-state index is 0.387. The number of hydrogen-bond acceptors (Lipinski definition) is 1. The number of nitrogens with one attached hydrogen (secondary N) is 1. The standard InChI is InChI=1S/C18H30ClN/c1-3-4-5-6-7-8-9-10-14-20-16(2)17-12-11-13-18(19)15-17/h11-13,15-16,20H,3-10,14H2,1-2H3. The van der Waals surface area contributed by atoms with Gasteiger partial charge < -0.3 is 5.32 Å². The number of halogens is 1. The van der Waals surface area contributed by atoms with Crippen LogP contribution < -0.4 is 5.32 Å². The summed E-state index contributed by atoms with van der Waals surface area (Å²) >= 11 is 6.02. The molecule has 1 unspecified atom stereocenters. The van der Waals surface area contributed by atoms with Crippen molar-refractivity contribution in [3.63, 3.8) is 0 Å². The molecule has 1 rings (SSSR count). The van der Waals surface area contributed by atoms with E-state index in [1.165, 1.54) is 56.9 Å². The Labute approximate surface area is 130 Å². The van der Waals surface area contributed by atoms with Crippen molar-refractivity contribution >= 4 is 11.6 Å². The molecule has 1 aromatic rings. The highest BCUT2D eigenvalue weighted by atomic mass is 35.5. The molecule has 0 radical (unpaired) electrons. The highest BCUT2D eigenvalue weighted by Gasteiger charge is 2.04. The largest absolute Gasteiger partial charge is 0.310 e. The molecule has 0 saturated heterocycles. The molecule has 1 atom stereocenters. The molecule has 0 aliphatic rings. The van der Waals surface area contributed by atoms with Gasteiger partial charge in [-0.3, -0.25) is 0 Å². The zero-order valence-electron chi connectivity index (χ0n) is 13.1. The smallest absolute Gasteiger partial charge is 0.0409 e. The topological polar surface area (TPSA) is 12.0 Å². The van der Waals surface area contributed by atoms with Gasteiger partial charge in [-0.2, -0.15) is 0 Å². The van der Waals surface area contributed by atoms with Gasteiger partial charge >= 0.3 is 0 Å². The zero-order valence-corrected chi connectivity index (χ0v) is 13.9. The van der Waals surface area contributed by atoms with Crippen molar-refractivity contribution in [3.05, 3.63) is 34.9 Å². The van der Waals surface area contributed by atoms with Crippen LogP contribution in [0.4, 0.5) is 0 Å². The first-order chi connectivity index (χ1) is 9.74. The summed E-state index contributed by atoms with van der Waals surface area (Å²) in [5.41, 5.74) is 1.28. The molecule has 1 N–H and O–H groups in total. The highest BCUT2D eigenvalue weighted by Crippen LogP contribution is 2.17. The molecule has 0 aliphatic heterocycles. The summed E-state index contributed by atoms with van der Waals surface area (Å²) in [6, 6.07) is 8.52. The number of unbranched alkanes of at least 4 members (excludes halogenated alkanes) is 7. The molecule has 0 bridgehead atoms. The van der Waals surface area contributed by atoms with Crippen molar-refractivity contribution in [2.45, 2.75) is 71.3 Å². The van der Waals surface area contributed by atoms with E-state index in [4.69, 9.17) is 11.6 Å². The van der Waals surface area contributed by atoms with Crippen molar-refractivity contribution < 1.29 is 0 Å². The van der Waals surface area contributed by atoms with Crippen molar-refractivity contribution in [1.82, 2.24) is 5.32 Å². The predicted octanol–water partition coefficient (Wildman–Crippen LogP) is 6.13. The molecule has 0 heterocycles. The molecule has 0 saturated carbocycles. The van der Waals surface area contributed by atoms with Crippen LogP contribution in [-0.2, 0) is 0 Å². The summed E-state index contributed by atoms with van der Waals surface area (Å²) < 4.78 is 0. The Morgan fingerprint density at radius 1 is 1.00 bits per heavy atom. The van der Waals surface area contributed by atoms with Gasteiger partial charge in [-0.15, -0.1) is 0 Å². The molecule has 2 heteroatoms. The van der Waals surface area contributed by atoms with E-state index in [9.17, 15) is 0 Å². The van der Waals surface area contributed by atoms with Gasteiger partial charge in [-0.25, -0.2) is 0 Å². The quantitative estimate of drug-likeness (QED) is 0.484. The Bertz CT molecular complexity index is 351. The highest BCUT2D eigenvalue weighted by molar-refractivity contribution is 6.30. The fraction of sp³-hybridized carbons (Fsp3) is 0.667. The van der Waals surface area contributed by atoms with Crippen LogP contribution in [0.5, 0.6) is 0 Å². The fourth-order valence-electron chi connectivity index (χ4n) is 2.47. The SMILES string of the molecule is CCCCCCCCCCNC(C)c1cccc(Cl)c1. The van der Waals surface area contributed by atoms with Crippen LogP contribution in [0.3, 0.4) is 0 Å². The molecular formula is C18H30ClN. The molecule has 20 heavy (non-hydrogen) atoms. The average molecular weight is 296 g/mol. The Hall–Kier alpha value is -0.530. The molecule has 1 aromatic carbocycles. The lowest BCUT2D eigenvalue weighted by molar-refractivity contribution is 0.521. The van der Waals surface area contributed by atoms with E-state index in [0.29, 0.717) is 6.04 Å². The number of benzene rings is 1. The maximum atomic E-state index is 6.02. The van der Waals surface area contributed by atoms with Crippen LogP contribution in [0.25, 0.3) is 0 Å². The monoisotopic (exact) mass is 295 g/mol. The number of rotatable bonds is 11. The van der Waals surface area contributed by atoms with Gasteiger partial charge in [-0.05, 0) is 37.6 Å². The van der Waals surface area contributed by atoms with Crippen LogP contribution in [0.15, 0.2) is 24.3 Å². The van der Waals surface area contributed by atoms with E-state index in [2.05, 4.69) is 25.2 Å². The Morgan fingerprint density at radius 3 is 2.30 bits per heavy atom. The van der Waals surface area contributed by atoms with E-state index in [1.807, 2.05) is 18.2 Å². The first-order valence-corrected chi connectivity index (χ1v) is 8.60. The third-order valence-corrected chi connectivity index (χ3v) is 4.06. The van der Waals surface area contributed by atoms with Crippen LogP contribution >= 0.6 is 11.6 Å². The Balaban J connectivity index is 2.01. The van der Waals surface area contributed by atoms with E-state index in [0.717, 1.165) is 11.6 Å². The van der Waals surface area contributed by atoms with Gasteiger partial charge in [0, 0.05) is 11.1 Å². The minimum Gasteiger partial charge on any atom is -0.310 e. The van der Waals surface area contributed by atoms with Crippen molar-refractivity contribution in [2.75, 3.05) is 6.54 Å². The maximum Gasteiger partial charge on any atom is 0.0409 e. The summed E-state index contributed by atoms with van der Waals surface area (Å²) in [5, 5.41) is 4.40. The van der Waals surface area contributed by atoms with Crippen LogP contribution in [-0.4, -0.2) is 6.54 Å². The van der Waals surface area contributed by atoms with Crippen molar-refractivity contribution in [1.29, 1.82) is 0 Å². The summed E-state index contributed by atoms with van der Waals surface area (Å²) in [6.07, 6.45) is 11.0. The van der Waals surface area contributed by atoms with E-state index in [1.54, 1.807) is 0 Å². The van der Waals surface area contributed by atoms with Crippen molar-refractivity contribution in [2.24, 2.45) is 0 Å². The molecule has 1 nitrogen and oxygen atoms in total. The molecule has 0 amide bonds. The zero-order chi connectivity index (χ0) is 14.6. The molecule has 114 valence electrons. The van der Waals surface area contributed by atoms with E-state index >= 15 is 0 Å². The summed E-state index contributed by atoms with van der Waals surface area (Å²) in [6.45, 7) is 5.58. The third-order valence-electron chi connectivity index (χ3n) is 3.83. The third kappa shape index (κ3) is 7.91. The van der Waals surface area contributed by atoms with Crippen LogP contribution in [0.2, 0.25) is 5.02 Å². The molecule has 0 spiro atoms.